The number of carbonyl (C=O) groups excluding carboxylic acids is 1. The average Bonchev–Trinajstić information content (AvgIpc) is 3.08. The first-order valence-corrected chi connectivity index (χ1v) is 10.6. The number of halogens is 1. The van der Waals surface area contributed by atoms with Crippen LogP contribution in [0, 0.1) is 17.7 Å². The van der Waals surface area contributed by atoms with Crippen molar-refractivity contribution in [3.05, 3.63) is 52.1 Å². The van der Waals surface area contributed by atoms with E-state index in [1.807, 2.05) is 10.3 Å². The molecule has 0 radical (unpaired) electrons. The number of fused-ring (bicyclic) bond motifs is 1. The van der Waals surface area contributed by atoms with Crippen molar-refractivity contribution in [3.8, 4) is 11.1 Å². The lowest BCUT2D eigenvalue weighted by molar-refractivity contribution is -0.133. The lowest BCUT2D eigenvalue weighted by atomic mass is 10.1. The zero-order valence-electron chi connectivity index (χ0n) is 17.2. The van der Waals surface area contributed by atoms with Gasteiger partial charge in [0.15, 0.2) is 0 Å². The molecular formula is C22H26FN3O2S. The van der Waals surface area contributed by atoms with Gasteiger partial charge in [-0.15, -0.1) is 11.3 Å². The Bertz CT molecular complexity index is 1040. The Morgan fingerprint density at radius 1 is 1.14 bits per heavy atom. The molecule has 0 aliphatic carbocycles. The Hall–Kier alpha value is -2.54. The smallest absolute Gasteiger partial charge is 0.263 e. The van der Waals surface area contributed by atoms with E-state index in [4.69, 9.17) is 0 Å². The van der Waals surface area contributed by atoms with Gasteiger partial charge in [0.25, 0.3) is 5.56 Å². The molecule has 2 heterocycles. The maximum atomic E-state index is 13.3. The van der Waals surface area contributed by atoms with Gasteiger partial charge in [0.2, 0.25) is 5.91 Å². The molecule has 154 valence electrons. The zero-order chi connectivity index (χ0) is 21.1. The summed E-state index contributed by atoms with van der Waals surface area (Å²) in [6, 6.07) is 6.03. The lowest BCUT2D eigenvalue weighted by Crippen LogP contribution is -2.40. The second-order valence-electron chi connectivity index (χ2n) is 8.10. The monoisotopic (exact) mass is 415 g/mol. The van der Waals surface area contributed by atoms with E-state index >= 15 is 0 Å². The van der Waals surface area contributed by atoms with E-state index in [-0.39, 0.29) is 23.8 Å². The molecular weight excluding hydrogens is 389 g/mol. The minimum Gasteiger partial charge on any atom is -0.341 e. The molecule has 3 rings (SSSR count). The second kappa shape index (κ2) is 8.86. The predicted octanol–water partition coefficient (Wildman–Crippen LogP) is 4.40. The van der Waals surface area contributed by atoms with Crippen molar-refractivity contribution in [1.82, 2.24) is 14.5 Å². The Labute approximate surface area is 173 Å². The van der Waals surface area contributed by atoms with E-state index in [1.165, 1.54) is 34.4 Å². The van der Waals surface area contributed by atoms with Gasteiger partial charge in [-0.1, -0.05) is 39.8 Å². The van der Waals surface area contributed by atoms with Crippen molar-refractivity contribution in [2.24, 2.45) is 11.8 Å². The van der Waals surface area contributed by atoms with Gasteiger partial charge >= 0.3 is 0 Å². The molecule has 0 saturated heterocycles. The summed E-state index contributed by atoms with van der Waals surface area (Å²) in [5, 5.41) is 2.32. The first kappa shape index (κ1) is 21.2. The van der Waals surface area contributed by atoms with Gasteiger partial charge in [0, 0.05) is 24.0 Å². The van der Waals surface area contributed by atoms with Crippen LogP contribution >= 0.6 is 11.3 Å². The highest BCUT2D eigenvalue weighted by atomic mass is 32.1. The Morgan fingerprint density at radius 2 is 1.76 bits per heavy atom. The molecule has 7 heteroatoms. The third-order valence-corrected chi connectivity index (χ3v) is 5.43. The molecule has 5 nitrogen and oxygen atoms in total. The summed E-state index contributed by atoms with van der Waals surface area (Å²) < 4.78 is 14.6. The van der Waals surface area contributed by atoms with Gasteiger partial charge in [-0.2, -0.15) is 0 Å². The lowest BCUT2D eigenvalue weighted by Gasteiger charge is -2.26. The van der Waals surface area contributed by atoms with Crippen LogP contribution in [0.3, 0.4) is 0 Å². The van der Waals surface area contributed by atoms with Gasteiger partial charge in [0.1, 0.15) is 17.2 Å². The topological polar surface area (TPSA) is 55.2 Å². The van der Waals surface area contributed by atoms with Crippen LogP contribution in [0.1, 0.15) is 27.7 Å². The highest BCUT2D eigenvalue weighted by molar-refractivity contribution is 7.17. The molecule has 0 bridgehead atoms. The summed E-state index contributed by atoms with van der Waals surface area (Å²) >= 11 is 1.36. The van der Waals surface area contributed by atoms with E-state index in [0.29, 0.717) is 40.7 Å². The van der Waals surface area contributed by atoms with Gasteiger partial charge in [-0.05, 0) is 29.5 Å². The van der Waals surface area contributed by atoms with Crippen molar-refractivity contribution in [2.45, 2.75) is 34.2 Å². The second-order valence-corrected chi connectivity index (χ2v) is 8.96. The summed E-state index contributed by atoms with van der Waals surface area (Å²) in [4.78, 5) is 32.8. The van der Waals surface area contributed by atoms with Crippen molar-refractivity contribution in [1.29, 1.82) is 0 Å². The van der Waals surface area contributed by atoms with Crippen molar-refractivity contribution < 1.29 is 9.18 Å². The van der Waals surface area contributed by atoms with E-state index in [9.17, 15) is 14.0 Å². The fraction of sp³-hybridized carbons (Fsp3) is 0.409. The van der Waals surface area contributed by atoms with Crippen LogP contribution in [0.15, 0.2) is 40.8 Å². The molecule has 2 aromatic heterocycles. The maximum Gasteiger partial charge on any atom is 0.263 e. The molecule has 0 fully saturated rings. The number of carbonyl (C=O) groups is 1. The number of rotatable bonds is 7. The summed E-state index contributed by atoms with van der Waals surface area (Å²) in [7, 11) is 0. The molecule has 3 aromatic rings. The van der Waals surface area contributed by atoms with Crippen LogP contribution in [0.4, 0.5) is 4.39 Å². The van der Waals surface area contributed by atoms with Gasteiger partial charge < -0.3 is 4.90 Å². The van der Waals surface area contributed by atoms with Gasteiger partial charge in [-0.25, -0.2) is 9.37 Å². The number of hydrogen-bond donors (Lipinski definition) is 0. The van der Waals surface area contributed by atoms with E-state index in [2.05, 4.69) is 32.7 Å². The highest BCUT2D eigenvalue weighted by Gasteiger charge is 2.19. The molecule has 0 spiro atoms. The number of thiophene rings is 1. The zero-order valence-corrected chi connectivity index (χ0v) is 18.0. The largest absolute Gasteiger partial charge is 0.341 e. The summed E-state index contributed by atoms with van der Waals surface area (Å²) in [6.07, 6.45) is 1.44. The molecule has 0 atom stereocenters. The summed E-state index contributed by atoms with van der Waals surface area (Å²) in [5.41, 5.74) is 1.21. The SMILES string of the molecule is CC(C)CN(CC(C)C)C(=O)Cn1cnc2scc(-c3ccc(F)cc3)c2c1=O. The molecule has 0 unspecified atom stereocenters. The van der Waals surface area contributed by atoms with Gasteiger partial charge in [0.05, 0.1) is 11.7 Å². The molecule has 0 N–H and O–H groups in total. The highest BCUT2D eigenvalue weighted by Crippen LogP contribution is 2.30. The van der Waals surface area contributed by atoms with Crippen LogP contribution in [-0.2, 0) is 11.3 Å². The minimum absolute atomic E-state index is 0.0417. The fourth-order valence-electron chi connectivity index (χ4n) is 3.33. The molecule has 0 saturated carbocycles. The van der Waals surface area contributed by atoms with Crippen LogP contribution < -0.4 is 5.56 Å². The Balaban J connectivity index is 1.95. The summed E-state index contributed by atoms with van der Waals surface area (Å²) in [5.74, 6) is 0.271. The number of aromatic nitrogens is 2. The molecule has 1 amide bonds. The molecule has 0 aliphatic rings. The number of amides is 1. The summed E-state index contributed by atoms with van der Waals surface area (Å²) in [6.45, 7) is 9.55. The first-order chi connectivity index (χ1) is 13.8. The Morgan fingerprint density at radius 3 is 2.34 bits per heavy atom. The van der Waals surface area contributed by atoms with Crippen molar-refractivity contribution in [2.75, 3.05) is 13.1 Å². The first-order valence-electron chi connectivity index (χ1n) is 9.76. The van der Waals surface area contributed by atoms with E-state index in [1.54, 1.807) is 12.1 Å². The third kappa shape index (κ3) is 4.90. The number of nitrogens with zero attached hydrogens (tertiary/aromatic N) is 3. The van der Waals surface area contributed by atoms with Gasteiger partial charge in [-0.3, -0.25) is 14.2 Å². The van der Waals surface area contributed by atoms with Crippen LogP contribution in [-0.4, -0.2) is 33.4 Å². The molecule has 29 heavy (non-hydrogen) atoms. The maximum absolute atomic E-state index is 13.3. The predicted molar refractivity (Wildman–Crippen MR) is 116 cm³/mol. The standard InChI is InChI=1S/C22H26FN3O2S/c1-14(2)9-25(10-15(3)4)19(27)11-26-13-24-21-20(22(26)28)18(12-29-21)16-5-7-17(23)8-6-16/h5-8,12-15H,9-11H2,1-4H3. The normalized spacial score (nSPS) is 11.6. The molecule has 1 aromatic carbocycles. The Kier molecular flexibility index (Phi) is 6.47. The average molecular weight is 416 g/mol. The number of benzene rings is 1. The third-order valence-electron chi connectivity index (χ3n) is 4.55. The van der Waals surface area contributed by atoms with Crippen LogP contribution in [0.2, 0.25) is 0 Å². The van der Waals surface area contributed by atoms with Crippen LogP contribution in [0.5, 0.6) is 0 Å². The quantitative estimate of drug-likeness (QED) is 0.575. The van der Waals surface area contributed by atoms with Crippen molar-refractivity contribution >= 4 is 27.5 Å². The van der Waals surface area contributed by atoms with Crippen LogP contribution in [0.25, 0.3) is 21.3 Å². The fourth-order valence-corrected chi connectivity index (χ4v) is 4.23. The minimum atomic E-state index is -0.329. The van der Waals surface area contributed by atoms with E-state index in [0.717, 1.165) is 5.56 Å². The number of hydrogen-bond acceptors (Lipinski definition) is 4. The molecule has 0 aliphatic heterocycles. The van der Waals surface area contributed by atoms with Crippen molar-refractivity contribution in [3.63, 3.8) is 0 Å². The van der Waals surface area contributed by atoms with E-state index < -0.39 is 0 Å².